The van der Waals surface area contributed by atoms with Crippen LogP contribution in [0.5, 0.6) is 5.75 Å². The third-order valence-electron chi connectivity index (χ3n) is 4.75. The third-order valence-corrected chi connectivity index (χ3v) is 5.96. The van der Waals surface area contributed by atoms with Crippen molar-refractivity contribution in [2.45, 2.75) is 38.7 Å². The molecule has 0 N–H and O–H groups in total. The zero-order valence-electron chi connectivity index (χ0n) is 14.1. The van der Waals surface area contributed by atoms with Crippen LogP contribution in [0, 0.1) is 12.8 Å². The number of rotatable bonds is 5. The minimum Gasteiger partial charge on any atom is -0.494 e. The Balaban J connectivity index is 1.72. The minimum absolute atomic E-state index is 0.128. The van der Waals surface area contributed by atoms with Crippen molar-refractivity contribution in [1.29, 1.82) is 0 Å². The van der Waals surface area contributed by atoms with Crippen LogP contribution < -0.4 is 9.64 Å². The highest BCUT2D eigenvalue weighted by molar-refractivity contribution is 7.22. The molecule has 2 fully saturated rings. The second kappa shape index (κ2) is 6.33. The van der Waals surface area contributed by atoms with Crippen LogP contribution in [0.3, 0.4) is 0 Å². The first kappa shape index (κ1) is 15.8. The van der Waals surface area contributed by atoms with Gasteiger partial charge >= 0.3 is 0 Å². The van der Waals surface area contributed by atoms with E-state index >= 15 is 0 Å². The molecule has 1 aromatic carbocycles. The molecule has 1 aromatic heterocycles. The largest absolute Gasteiger partial charge is 0.494 e. The molecule has 24 heavy (non-hydrogen) atoms. The first-order valence-corrected chi connectivity index (χ1v) is 9.36. The molecule has 1 saturated heterocycles. The van der Waals surface area contributed by atoms with Gasteiger partial charge in [0.2, 0.25) is 5.91 Å². The number of fused-ring (bicyclic) bond motifs is 1. The molecule has 4 rings (SSSR count). The SMILES string of the molecule is COc1ccc(C)c2sc(N(CC3CCCO3)C(=O)C3CC3)nc12. The average molecular weight is 346 g/mol. The standard InChI is InChI=1S/C18H22N2O3S/c1-11-5-8-14(22-2)15-16(11)24-18(19-15)20(17(21)12-6-7-12)10-13-4-3-9-23-13/h5,8,12-13H,3-4,6-7,9-10H2,1-2H3. The van der Waals surface area contributed by atoms with Gasteiger partial charge in [0.05, 0.1) is 24.5 Å². The zero-order valence-corrected chi connectivity index (χ0v) is 14.9. The van der Waals surface area contributed by atoms with Crippen LogP contribution in [0.2, 0.25) is 0 Å². The fourth-order valence-corrected chi connectivity index (χ4v) is 4.25. The number of carbonyl (C=O) groups excluding carboxylic acids is 1. The third kappa shape index (κ3) is 2.89. The van der Waals surface area contributed by atoms with E-state index in [1.165, 1.54) is 0 Å². The Morgan fingerprint density at radius 2 is 2.25 bits per heavy atom. The van der Waals surface area contributed by atoms with Crippen molar-refractivity contribution in [2.75, 3.05) is 25.2 Å². The predicted octanol–water partition coefficient (Wildman–Crippen LogP) is 3.54. The van der Waals surface area contributed by atoms with Crippen LogP contribution in [0.25, 0.3) is 10.2 Å². The molecule has 0 bridgehead atoms. The van der Waals surface area contributed by atoms with Gasteiger partial charge in [0.15, 0.2) is 5.13 Å². The van der Waals surface area contributed by atoms with E-state index in [9.17, 15) is 4.79 Å². The topological polar surface area (TPSA) is 51.7 Å². The van der Waals surface area contributed by atoms with E-state index in [4.69, 9.17) is 14.5 Å². The minimum atomic E-state index is 0.128. The van der Waals surface area contributed by atoms with Gasteiger partial charge in [-0.15, -0.1) is 0 Å². The number of aromatic nitrogens is 1. The first-order chi connectivity index (χ1) is 11.7. The number of methoxy groups -OCH3 is 1. The molecule has 0 radical (unpaired) electrons. The number of ether oxygens (including phenoxy) is 2. The van der Waals surface area contributed by atoms with Gasteiger partial charge in [0.25, 0.3) is 0 Å². The van der Waals surface area contributed by atoms with Gasteiger partial charge in [0, 0.05) is 12.5 Å². The van der Waals surface area contributed by atoms with E-state index in [-0.39, 0.29) is 17.9 Å². The summed E-state index contributed by atoms with van der Waals surface area (Å²) in [5.41, 5.74) is 2.00. The smallest absolute Gasteiger partial charge is 0.231 e. The van der Waals surface area contributed by atoms with E-state index in [1.54, 1.807) is 18.4 Å². The number of aryl methyl sites for hydroxylation is 1. The van der Waals surface area contributed by atoms with Crippen molar-refractivity contribution in [3.8, 4) is 5.75 Å². The van der Waals surface area contributed by atoms with Gasteiger partial charge in [-0.3, -0.25) is 9.69 Å². The van der Waals surface area contributed by atoms with E-state index in [0.29, 0.717) is 6.54 Å². The van der Waals surface area contributed by atoms with Crippen molar-refractivity contribution in [1.82, 2.24) is 4.98 Å². The molecule has 1 aliphatic heterocycles. The molecule has 1 atom stereocenters. The summed E-state index contributed by atoms with van der Waals surface area (Å²) in [5, 5.41) is 0.769. The Hall–Kier alpha value is -1.66. The quantitative estimate of drug-likeness (QED) is 0.831. The molecule has 5 nitrogen and oxygen atoms in total. The molecular formula is C18H22N2O3S. The molecule has 128 valence electrons. The molecule has 2 aromatic rings. The highest BCUT2D eigenvalue weighted by Gasteiger charge is 2.37. The first-order valence-electron chi connectivity index (χ1n) is 8.54. The van der Waals surface area contributed by atoms with Gasteiger partial charge in [-0.2, -0.15) is 0 Å². The van der Waals surface area contributed by atoms with Crippen LogP contribution in [-0.2, 0) is 9.53 Å². The Morgan fingerprint density at radius 1 is 1.42 bits per heavy atom. The van der Waals surface area contributed by atoms with E-state index in [2.05, 4.69) is 6.92 Å². The van der Waals surface area contributed by atoms with Crippen LogP contribution in [0.15, 0.2) is 12.1 Å². The lowest BCUT2D eigenvalue weighted by Crippen LogP contribution is -2.38. The van der Waals surface area contributed by atoms with E-state index < -0.39 is 0 Å². The van der Waals surface area contributed by atoms with Crippen LogP contribution >= 0.6 is 11.3 Å². The Morgan fingerprint density at radius 3 is 2.92 bits per heavy atom. The van der Waals surface area contributed by atoms with Crippen molar-refractivity contribution in [2.24, 2.45) is 5.92 Å². The van der Waals surface area contributed by atoms with Crippen molar-refractivity contribution in [3.05, 3.63) is 17.7 Å². The van der Waals surface area contributed by atoms with Gasteiger partial charge in [-0.25, -0.2) is 4.98 Å². The van der Waals surface area contributed by atoms with Crippen LogP contribution in [0.4, 0.5) is 5.13 Å². The Kier molecular flexibility index (Phi) is 4.18. The summed E-state index contributed by atoms with van der Waals surface area (Å²) in [7, 11) is 1.66. The maximum absolute atomic E-state index is 12.8. The van der Waals surface area contributed by atoms with Crippen molar-refractivity contribution in [3.63, 3.8) is 0 Å². The molecule has 1 amide bonds. The number of benzene rings is 1. The Bertz CT molecular complexity index is 763. The van der Waals surface area contributed by atoms with E-state index in [0.717, 1.165) is 59.0 Å². The van der Waals surface area contributed by atoms with E-state index in [1.807, 2.05) is 17.0 Å². The van der Waals surface area contributed by atoms with Crippen molar-refractivity contribution >= 4 is 32.6 Å². The highest BCUT2D eigenvalue weighted by atomic mass is 32.1. The van der Waals surface area contributed by atoms with Gasteiger partial charge < -0.3 is 9.47 Å². The highest BCUT2D eigenvalue weighted by Crippen LogP contribution is 2.39. The Labute approximate surface area is 145 Å². The lowest BCUT2D eigenvalue weighted by atomic mass is 10.2. The monoisotopic (exact) mass is 346 g/mol. The van der Waals surface area contributed by atoms with Gasteiger partial charge in [-0.1, -0.05) is 17.4 Å². The summed E-state index contributed by atoms with van der Waals surface area (Å²) in [4.78, 5) is 19.4. The fourth-order valence-electron chi connectivity index (χ4n) is 3.18. The zero-order chi connectivity index (χ0) is 16.7. The second-order valence-corrected chi connectivity index (χ2v) is 7.59. The summed E-state index contributed by atoms with van der Waals surface area (Å²) in [6.07, 6.45) is 4.20. The number of anilines is 1. The number of hydrogen-bond donors (Lipinski definition) is 0. The molecule has 1 aliphatic carbocycles. The molecule has 2 heterocycles. The maximum atomic E-state index is 12.8. The second-order valence-electron chi connectivity index (χ2n) is 6.62. The fraction of sp³-hybridized carbons (Fsp3) is 0.556. The molecule has 1 saturated carbocycles. The summed E-state index contributed by atoms with van der Waals surface area (Å²) in [6, 6.07) is 3.98. The number of hydrogen-bond acceptors (Lipinski definition) is 5. The van der Waals surface area contributed by atoms with Gasteiger partial charge in [0.1, 0.15) is 11.3 Å². The molecular weight excluding hydrogens is 324 g/mol. The number of thiazole rings is 1. The number of carbonyl (C=O) groups is 1. The summed E-state index contributed by atoms with van der Waals surface area (Å²) >= 11 is 1.58. The van der Waals surface area contributed by atoms with Crippen LogP contribution in [-0.4, -0.2) is 37.3 Å². The number of amides is 1. The molecule has 0 spiro atoms. The maximum Gasteiger partial charge on any atom is 0.231 e. The summed E-state index contributed by atoms with van der Waals surface area (Å²) < 4.78 is 12.3. The lowest BCUT2D eigenvalue weighted by molar-refractivity contribution is -0.120. The van der Waals surface area contributed by atoms with Crippen LogP contribution in [0.1, 0.15) is 31.2 Å². The molecule has 2 aliphatic rings. The van der Waals surface area contributed by atoms with Crippen molar-refractivity contribution < 1.29 is 14.3 Å². The number of nitrogens with zero attached hydrogens (tertiary/aromatic N) is 2. The summed E-state index contributed by atoms with van der Waals surface area (Å²) in [5.74, 6) is 1.12. The summed E-state index contributed by atoms with van der Waals surface area (Å²) in [6.45, 7) is 3.47. The molecule has 6 heteroatoms. The normalized spacial score (nSPS) is 20.5. The van der Waals surface area contributed by atoms with Gasteiger partial charge in [-0.05, 0) is 44.2 Å². The average Bonchev–Trinajstić information content (AvgIpc) is 3.12. The molecule has 1 unspecified atom stereocenters. The lowest BCUT2D eigenvalue weighted by Gasteiger charge is -2.23. The predicted molar refractivity (Wildman–Crippen MR) is 95.0 cm³/mol.